The van der Waals surface area contributed by atoms with Gasteiger partial charge >= 0.3 is 0 Å². The number of aryl methyl sites for hydroxylation is 3. The third-order valence-electron chi connectivity index (χ3n) is 4.54. The Hall–Kier alpha value is -2.30. The molecule has 148 valence electrons. The maximum Gasteiger partial charge on any atom is 0.247 e. The number of anilines is 1. The molecule has 0 aliphatic rings. The third kappa shape index (κ3) is 5.60. The van der Waals surface area contributed by atoms with Crippen molar-refractivity contribution in [2.24, 2.45) is 0 Å². The maximum atomic E-state index is 12.5. The molecule has 0 bridgehead atoms. The van der Waals surface area contributed by atoms with Crippen molar-refractivity contribution < 1.29 is 9.59 Å². The van der Waals surface area contributed by atoms with Crippen molar-refractivity contribution in [3.8, 4) is 0 Å². The third-order valence-corrected chi connectivity index (χ3v) is 5.17. The second-order valence-corrected chi connectivity index (χ2v) is 7.44. The number of halogens is 2. The van der Waals surface area contributed by atoms with Gasteiger partial charge in [-0.2, -0.15) is 0 Å². The van der Waals surface area contributed by atoms with E-state index in [1.165, 1.54) is 22.1 Å². The zero-order valence-corrected chi connectivity index (χ0v) is 18.0. The van der Waals surface area contributed by atoms with E-state index in [0.29, 0.717) is 22.3 Å². The van der Waals surface area contributed by atoms with Crippen LogP contribution >= 0.6 is 23.2 Å². The molecular weight excluding hydrogens is 395 g/mol. The first-order valence-corrected chi connectivity index (χ1v) is 9.77. The van der Waals surface area contributed by atoms with E-state index in [1.54, 1.807) is 24.3 Å². The first-order valence-electron chi connectivity index (χ1n) is 9.01. The van der Waals surface area contributed by atoms with Gasteiger partial charge in [-0.05, 0) is 68.2 Å². The quantitative estimate of drug-likeness (QED) is 0.636. The molecule has 0 radical (unpaired) electrons. The van der Waals surface area contributed by atoms with Gasteiger partial charge in [0.05, 0.1) is 15.7 Å². The number of likely N-dealkylation sites (N-methyl/N-ethyl adjacent to an activating group) is 1. The van der Waals surface area contributed by atoms with Crippen LogP contribution in [-0.2, 0) is 9.59 Å². The predicted molar refractivity (Wildman–Crippen MR) is 117 cm³/mol. The molecule has 0 aliphatic carbocycles. The van der Waals surface area contributed by atoms with Gasteiger partial charge in [-0.1, -0.05) is 41.4 Å². The van der Waals surface area contributed by atoms with Crippen molar-refractivity contribution in [1.82, 2.24) is 4.90 Å². The van der Waals surface area contributed by atoms with Crippen LogP contribution in [0.5, 0.6) is 0 Å². The Balaban J connectivity index is 2.07. The fraction of sp³-hybridized carbons (Fsp3) is 0.273. The minimum Gasteiger partial charge on any atom is -0.330 e. The normalized spacial score (nSPS) is 10.9. The zero-order chi connectivity index (χ0) is 20.8. The van der Waals surface area contributed by atoms with Crippen LogP contribution in [0.1, 0.15) is 29.2 Å². The minimum absolute atomic E-state index is 0.0901. The van der Waals surface area contributed by atoms with Crippen LogP contribution in [0.15, 0.2) is 36.4 Å². The summed E-state index contributed by atoms with van der Waals surface area (Å²) in [6.07, 6.45) is 3.28. The Morgan fingerprint density at radius 3 is 2.25 bits per heavy atom. The minimum atomic E-state index is -0.360. The van der Waals surface area contributed by atoms with Crippen LogP contribution in [-0.4, -0.2) is 29.8 Å². The number of hydrogen-bond acceptors (Lipinski definition) is 2. The van der Waals surface area contributed by atoms with E-state index in [0.717, 1.165) is 11.1 Å². The lowest BCUT2D eigenvalue weighted by atomic mass is 10.0. The standard InChI is InChI=1S/C22H24Cl2N2O2/c1-5-26(13-20(27)25-22-18(23)7-6-8-19(22)24)21(28)10-9-17-12-15(3)14(2)11-16(17)4/h6-12H,5,13H2,1-4H3,(H,25,27)/b10-9+. The van der Waals surface area contributed by atoms with Crippen LogP contribution < -0.4 is 5.32 Å². The topological polar surface area (TPSA) is 49.4 Å². The highest BCUT2D eigenvalue weighted by Crippen LogP contribution is 2.29. The van der Waals surface area contributed by atoms with E-state index in [9.17, 15) is 9.59 Å². The molecule has 1 N–H and O–H groups in total. The molecule has 0 heterocycles. The molecule has 2 aromatic rings. The van der Waals surface area contributed by atoms with Gasteiger partial charge in [0.2, 0.25) is 11.8 Å². The van der Waals surface area contributed by atoms with Gasteiger partial charge in [0.15, 0.2) is 0 Å². The van der Waals surface area contributed by atoms with Crippen molar-refractivity contribution in [1.29, 1.82) is 0 Å². The van der Waals surface area contributed by atoms with Crippen molar-refractivity contribution >= 4 is 46.8 Å². The lowest BCUT2D eigenvalue weighted by molar-refractivity contribution is -0.130. The first-order chi connectivity index (χ1) is 13.2. The largest absolute Gasteiger partial charge is 0.330 e. The molecule has 2 amide bonds. The molecule has 0 spiro atoms. The number of carbonyl (C=O) groups is 2. The van der Waals surface area contributed by atoms with Gasteiger partial charge < -0.3 is 10.2 Å². The van der Waals surface area contributed by atoms with Gasteiger partial charge in [-0.3, -0.25) is 9.59 Å². The van der Waals surface area contributed by atoms with E-state index in [1.807, 2.05) is 20.8 Å². The number of nitrogens with zero attached hydrogens (tertiary/aromatic N) is 1. The number of para-hydroxylation sites is 1. The Morgan fingerprint density at radius 1 is 1.04 bits per heavy atom. The molecule has 0 aliphatic heterocycles. The molecule has 2 aromatic carbocycles. The van der Waals surface area contributed by atoms with Crippen molar-refractivity contribution in [3.05, 3.63) is 68.7 Å². The number of carbonyl (C=O) groups excluding carboxylic acids is 2. The summed E-state index contributed by atoms with van der Waals surface area (Å²) in [6.45, 7) is 8.24. The van der Waals surface area contributed by atoms with E-state index in [-0.39, 0.29) is 18.4 Å². The van der Waals surface area contributed by atoms with Gasteiger partial charge in [-0.15, -0.1) is 0 Å². The van der Waals surface area contributed by atoms with E-state index >= 15 is 0 Å². The maximum absolute atomic E-state index is 12.5. The average Bonchev–Trinajstić information content (AvgIpc) is 2.64. The van der Waals surface area contributed by atoms with Crippen molar-refractivity contribution in [2.45, 2.75) is 27.7 Å². The summed E-state index contributed by atoms with van der Waals surface area (Å²) in [5.74, 6) is -0.596. The summed E-state index contributed by atoms with van der Waals surface area (Å²) in [5.41, 5.74) is 4.81. The average molecular weight is 419 g/mol. The van der Waals surface area contributed by atoms with Crippen molar-refractivity contribution in [2.75, 3.05) is 18.4 Å². The number of rotatable bonds is 6. The summed E-state index contributed by atoms with van der Waals surface area (Å²) in [4.78, 5) is 26.3. The van der Waals surface area contributed by atoms with E-state index < -0.39 is 0 Å². The molecule has 2 rings (SSSR count). The second kappa shape index (κ2) is 9.76. The second-order valence-electron chi connectivity index (χ2n) is 6.62. The Morgan fingerprint density at radius 2 is 1.64 bits per heavy atom. The fourth-order valence-corrected chi connectivity index (χ4v) is 3.24. The van der Waals surface area contributed by atoms with E-state index in [4.69, 9.17) is 23.2 Å². The first kappa shape index (κ1) is 22.0. The SMILES string of the molecule is CCN(CC(=O)Nc1c(Cl)cccc1Cl)C(=O)/C=C/c1cc(C)c(C)cc1C. The highest BCUT2D eigenvalue weighted by atomic mass is 35.5. The smallest absolute Gasteiger partial charge is 0.247 e. The highest BCUT2D eigenvalue weighted by molar-refractivity contribution is 6.39. The molecule has 0 aromatic heterocycles. The monoisotopic (exact) mass is 418 g/mol. The lowest BCUT2D eigenvalue weighted by Gasteiger charge is -2.19. The molecule has 4 nitrogen and oxygen atoms in total. The summed E-state index contributed by atoms with van der Waals surface area (Å²) < 4.78 is 0. The number of amides is 2. The molecule has 0 unspecified atom stereocenters. The van der Waals surface area contributed by atoms with Crippen LogP contribution in [0.25, 0.3) is 6.08 Å². The van der Waals surface area contributed by atoms with Crippen LogP contribution in [0.4, 0.5) is 5.69 Å². The number of hydrogen-bond donors (Lipinski definition) is 1. The molecule has 0 atom stereocenters. The number of nitrogens with one attached hydrogen (secondary N) is 1. The van der Waals surface area contributed by atoms with Gasteiger partial charge in [0, 0.05) is 12.6 Å². The number of benzene rings is 2. The molecule has 6 heteroatoms. The molecule has 0 saturated carbocycles. The highest BCUT2D eigenvalue weighted by Gasteiger charge is 2.16. The summed E-state index contributed by atoms with van der Waals surface area (Å²) in [7, 11) is 0. The van der Waals surface area contributed by atoms with Gasteiger partial charge in [0.1, 0.15) is 6.54 Å². The Kier molecular flexibility index (Phi) is 7.67. The van der Waals surface area contributed by atoms with Gasteiger partial charge in [0.25, 0.3) is 0 Å². The van der Waals surface area contributed by atoms with Gasteiger partial charge in [-0.25, -0.2) is 0 Å². The Bertz CT molecular complexity index is 903. The molecule has 0 saturated heterocycles. The molecule has 28 heavy (non-hydrogen) atoms. The zero-order valence-electron chi connectivity index (χ0n) is 16.5. The summed E-state index contributed by atoms with van der Waals surface area (Å²) in [5, 5.41) is 3.37. The fourth-order valence-electron chi connectivity index (χ4n) is 2.74. The summed E-state index contributed by atoms with van der Waals surface area (Å²) in [6, 6.07) is 9.12. The van der Waals surface area contributed by atoms with Crippen LogP contribution in [0.2, 0.25) is 10.0 Å². The molecule has 0 fully saturated rings. The summed E-state index contributed by atoms with van der Waals surface area (Å²) >= 11 is 12.1. The molecular formula is C22H24Cl2N2O2. The Labute approximate surface area is 176 Å². The predicted octanol–water partition coefficient (Wildman–Crippen LogP) is 5.42. The van der Waals surface area contributed by atoms with E-state index in [2.05, 4.69) is 24.4 Å². The van der Waals surface area contributed by atoms with Crippen LogP contribution in [0.3, 0.4) is 0 Å². The lowest BCUT2D eigenvalue weighted by Crippen LogP contribution is -2.37. The van der Waals surface area contributed by atoms with Crippen molar-refractivity contribution in [3.63, 3.8) is 0 Å². The van der Waals surface area contributed by atoms with Crippen LogP contribution in [0, 0.1) is 20.8 Å².